The Hall–Kier alpha value is -4.92. The molecule has 1 aliphatic heterocycles. The minimum atomic E-state index is -0.484. The van der Waals surface area contributed by atoms with Crippen molar-refractivity contribution in [3.8, 4) is 11.3 Å². The molecule has 0 radical (unpaired) electrons. The highest BCUT2D eigenvalue weighted by Crippen LogP contribution is 2.31. The van der Waals surface area contributed by atoms with Crippen molar-refractivity contribution in [1.29, 1.82) is 0 Å². The van der Waals surface area contributed by atoms with E-state index in [-0.39, 0.29) is 23.1 Å². The number of nitrogens with one attached hydrogen (secondary N) is 1. The van der Waals surface area contributed by atoms with Gasteiger partial charge in [0.05, 0.1) is 10.5 Å². The molecule has 1 N–H and O–H groups in total. The lowest BCUT2D eigenvalue weighted by molar-refractivity contribution is -0.384. The normalized spacial score (nSPS) is 13.3. The molecule has 1 aromatic heterocycles. The van der Waals surface area contributed by atoms with Gasteiger partial charge in [-0.3, -0.25) is 19.7 Å². The van der Waals surface area contributed by atoms with E-state index in [1.165, 1.54) is 17.7 Å². The minimum absolute atomic E-state index is 0.0531. The molecule has 9 nitrogen and oxygen atoms in total. The summed E-state index contributed by atoms with van der Waals surface area (Å²) in [5.41, 5.74) is 3.74. The van der Waals surface area contributed by atoms with E-state index >= 15 is 0 Å². The molecule has 1 fully saturated rings. The standard InChI is InChI=1S/C30H28N4O5/c1-2-21-7-9-22(10-8-21)30(36)33-19-17-32(18-20-33)24-13-11-23(12-14-24)31-29(35)28-16-15-27(39-28)25-5-3-4-6-26(25)34(37)38/h3-16H,2,17-20H2,1H3,(H,31,35). The summed E-state index contributed by atoms with van der Waals surface area (Å²) >= 11 is 0. The van der Waals surface area contributed by atoms with Crippen molar-refractivity contribution in [2.75, 3.05) is 36.4 Å². The summed E-state index contributed by atoms with van der Waals surface area (Å²) in [6, 6.07) is 24.5. The van der Waals surface area contributed by atoms with Crippen LogP contribution in [-0.4, -0.2) is 47.8 Å². The van der Waals surface area contributed by atoms with Gasteiger partial charge >= 0.3 is 0 Å². The lowest BCUT2D eigenvalue weighted by Gasteiger charge is -2.36. The lowest BCUT2D eigenvalue weighted by Crippen LogP contribution is -2.48. The Morgan fingerprint density at radius 1 is 0.897 bits per heavy atom. The van der Waals surface area contributed by atoms with Gasteiger partial charge in [-0.2, -0.15) is 0 Å². The Morgan fingerprint density at radius 2 is 1.59 bits per heavy atom. The number of hydrogen-bond donors (Lipinski definition) is 1. The second-order valence-electron chi connectivity index (χ2n) is 9.27. The van der Waals surface area contributed by atoms with Crippen molar-refractivity contribution in [3.63, 3.8) is 0 Å². The first-order chi connectivity index (χ1) is 18.9. The van der Waals surface area contributed by atoms with Crippen LogP contribution in [0.5, 0.6) is 0 Å². The van der Waals surface area contributed by atoms with E-state index in [9.17, 15) is 19.7 Å². The number of aryl methyl sites for hydroxylation is 1. The molecule has 0 atom stereocenters. The van der Waals surface area contributed by atoms with Crippen LogP contribution in [0.4, 0.5) is 17.1 Å². The zero-order valence-electron chi connectivity index (χ0n) is 21.5. The smallest absolute Gasteiger partial charge is 0.291 e. The van der Waals surface area contributed by atoms with Gasteiger partial charge in [0.25, 0.3) is 17.5 Å². The highest BCUT2D eigenvalue weighted by molar-refractivity contribution is 6.02. The number of nitrogens with zero attached hydrogens (tertiary/aromatic N) is 3. The molecule has 0 bridgehead atoms. The van der Waals surface area contributed by atoms with E-state index < -0.39 is 10.8 Å². The molecule has 0 spiro atoms. The van der Waals surface area contributed by atoms with E-state index in [4.69, 9.17) is 4.42 Å². The van der Waals surface area contributed by atoms with Crippen LogP contribution in [0.1, 0.15) is 33.4 Å². The molecule has 1 aliphatic rings. The molecule has 2 heterocycles. The fourth-order valence-electron chi connectivity index (χ4n) is 4.63. The summed E-state index contributed by atoms with van der Waals surface area (Å²) in [4.78, 5) is 40.5. The van der Waals surface area contributed by atoms with Crippen molar-refractivity contribution in [3.05, 3.63) is 112 Å². The minimum Gasteiger partial charge on any atom is -0.451 e. The molecule has 0 aliphatic carbocycles. The lowest BCUT2D eigenvalue weighted by atomic mass is 10.1. The number of piperazine rings is 1. The second kappa shape index (κ2) is 11.2. The molecule has 2 amide bonds. The molecule has 5 rings (SSSR count). The Labute approximate surface area is 225 Å². The van der Waals surface area contributed by atoms with Gasteiger partial charge in [0.2, 0.25) is 0 Å². The van der Waals surface area contributed by atoms with Gasteiger partial charge in [-0.15, -0.1) is 0 Å². The molecular formula is C30H28N4O5. The van der Waals surface area contributed by atoms with Gasteiger partial charge < -0.3 is 19.5 Å². The fourth-order valence-corrected chi connectivity index (χ4v) is 4.63. The molecule has 1 saturated heterocycles. The number of amides is 2. The van der Waals surface area contributed by atoms with Crippen molar-refractivity contribution in [1.82, 2.24) is 4.90 Å². The fraction of sp³-hybridized carbons (Fsp3) is 0.200. The average molecular weight is 525 g/mol. The van der Waals surface area contributed by atoms with E-state index in [0.717, 1.165) is 12.1 Å². The number of anilines is 2. The second-order valence-corrected chi connectivity index (χ2v) is 9.27. The zero-order valence-corrected chi connectivity index (χ0v) is 21.5. The number of nitro benzene ring substituents is 1. The third-order valence-electron chi connectivity index (χ3n) is 6.86. The maximum absolute atomic E-state index is 12.9. The first-order valence-electron chi connectivity index (χ1n) is 12.8. The predicted molar refractivity (Wildman–Crippen MR) is 149 cm³/mol. The maximum Gasteiger partial charge on any atom is 0.291 e. The third-order valence-corrected chi connectivity index (χ3v) is 6.86. The molecule has 0 saturated carbocycles. The largest absolute Gasteiger partial charge is 0.451 e. The van der Waals surface area contributed by atoms with Gasteiger partial charge in [0, 0.05) is 49.2 Å². The first-order valence-corrected chi connectivity index (χ1v) is 12.8. The number of nitro groups is 1. The molecular weight excluding hydrogens is 496 g/mol. The summed E-state index contributed by atoms with van der Waals surface area (Å²) in [5, 5.41) is 14.1. The highest BCUT2D eigenvalue weighted by atomic mass is 16.6. The molecule has 4 aromatic rings. The summed E-state index contributed by atoms with van der Waals surface area (Å²) < 4.78 is 5.63. The number of carbonyl (C=O) groups excluding carboxylic acids is 2. The third kappa shape index (κ3) is 5.67. The Bertz CT molecular complexity index is 1490. The number of furan rings is 1. The van der Waals surface area contributed by atoms with Gasteiger partial charge in [0.1, 0.15) is 5.76 Å². The maximum atomic E-state index is 12.9. The SMILES string of the molecule is CCc1ccc(C(=O)N2CCN(c3ccc(NC(=O)c4ccc(-c5ccccc5[N+](=O)[O-])o4)cc3)CC2)cc1. The van der Waals surface area contributed by atoms with Crippen molar-refractivity contribution >= 4 is 28.9 Å². The van der Waals surface area contributed by atoms with Crippen LogP contribution in [0.25, 0.3) is 11.3 Å². The Morgan fingerprint density at radius 3 is 2.26 bits per heavy atom. The molecule has 3 aromatic carbocycles. The number of hydrogen-bond acceptors (Lipinski definition) is 6. The van der Waals surface area contributed by atoms with E-state index in [2.05, 4.69) is 17.1 Å². The number of carbonyl (C=O) groups is 2. The van der Waals surface area contributed by atoms with Gasteiger partial charge in [0.15, 0.2) is 5.76 Å². The summed E-state index contributed by atoms with van der Waals surface area (Å²) in [7, 11) is 0. The van der Waals surface area contributed by atoms with Crippen LogP contribution in [0.3, 0.4) is 0 Å². The van der Waals surface area contributed by atoms with Crippen LogP contribution >= 0.6 is 0 Å². The van der Waals surface area contributed by atoms with Crippen molar-refractivity contribution in [2.24, 2.45) is 0 Å². The van der Waals surface area contributed by atoms with Crippen molar-refractivity contribution in [2.45, 2.75) is 13.3 Å². The Balaban J connectivity index is 1.17. The van der Waals surface area contributed by atoms with Crippen LogP contribution in [0.15, 0.2) is 89.3 Å². The van der Waals surface area contributed by atoms with Crippen LogP contribution in [-0.2, 0) is 6.42 Å². The van der Waals surface area contributed by atoms with Gasteiger partial charge in [-0.1, -0.05) is 31.2 Å². The highest BCUT2D eigenvalue weighted by Gasteiger charge is 2.23. The van der Waals surface area contributed by atoms with Gasteiger partial charge in [-0.05, 0) is 66.6 Å². The molecule has 198 valence electrons. The van der Waals surface area contributed by atoms with E-state index in [0.29, 0.717) is 43.0 Å². The van der Waals surface area contributed by atoms with Crippen molar-refractivity contribution < 1.29 is 18.9 Å². The van der Waals surface area contributed by atoms with Crippen LogP contribution < -0.4 is 10.2 Å². The van der Waals surface area contributed by atoms with Crippen LogP contribution in [0.2, 0.25) is 0 Å². The van der Waals surface area contributed by atoms with E-state index in [1.54, 1.807) is 24.3 Å². The summed E-state index contributed by atoms with van der Waals surface area (Å²) in [5.74, 6) is -0.0965. The topological polar surface area (TPSA) is 109 Å². The summed E-state index contributed by atoms with van der Waals surface area (Å²) in [6.45, 7) is 4.78. The van der Waals surface area contributed by atoms with E-state index in [1.807, 2.05) is 53.4 Å². The summed E-state index contributed by atoms with van der Waals surface area (Å²) in [6.07, 6.45) is 0.945. The van der Waals surface area contributed by atoms with Gasteiger partial charge in [-0.25, -0.2) is 0 Å². The quantitative estimate of drug-likeness (QED) is 0.248. The molecule has 9 heteroatoms. The molecule has 39 heavy (non-hydrogen) atoms. The molecule has 0 unspecified atom stereocenters. The number of para-hydroxylation sites is 1. The predicted octanol–water partition coefficient (Wildman–Crippen LogP) is 5.63. The van der Waals surface area contributed by atoms with Crippen LogP contribution in [0, 0.1) is 10.1 Å². The zero-order chi connectivity index (χ0) is 27.4. The number of benzene rings is 3. The Kier molecular flexibility index (Phi) is 7.40. The number of rotatable bonds is 7. The first kappa shape index (κ1) is 25.7. The monoisotopic (exact) mass is 524 g/mol. The average Bonchev–Trinajstić information content (AvgIpc) is 3.48.